The Morgan fingerprint density at radius 1 is 1.03 bits per heavy atom. The number of methoxy groups -OCH3 is 1. The van der Waals surface area contributed by atoms with Crippen LogP contribution in [0.4, 0.5) is 13.2 Å². The van der Waals surface area contributed by atoms with E-state index < -0.39 is 35.2 Å². The van der Waals surface area contributed by atoms with E-state index in [2.05, 4.69) is 4.98 Å². The second kappa shape index (κ2) is 12.4. The number of hydrogen-bond acceptors (Lipinski definition) is 5. The Morgan fingerprint density at radius 3 is 2.26 bits per heavy atom. The number of esters is 1. The summed E-state index contributed by atoms with van der Waals surface area (Å²) in [4.78, 5) is 43.1. The van der Waals surface area contributed by atoms with Gasteiger partial charge in [0.1, 0.15) is 0 Å². The molecule has 0 N–H and O–H groups in total. The molecule has 9 heteroatoms. The lowest BCUT2D eigenvalue weighted by molar-refractivity contribution is -0.141. The summed E-state index contributed by atoms with van der Waals surface area (Å²) in [6.45, 7) is 7.70. The van der Waals surface area contributed by atoms with Crippen molar-refractivity contribution in [1.29, 1.82) is 0 Å². The summed E-state index contributed by atoms with van der Waals surface area (Å²) in [7, 11) is 1.26. The van der Waals surface area contributed by atoms with E-state index in [0.717, 1.165) is 39.1 Å². The molecule has 0 radical (unpaired) electrons. The van der Waals surface area contributed by atoms with E-state index in [1.807, 2.05) is 52.0 Å². The van der Waals surface area contributed by atoms with Crippen LogP contribution in [0.5, 0.6) is 0 Å². The molecule has 0 aliphatic heterocycles. The van der Waals surface area contributed by atoms with Crippen molar-refractivity contribution in [1.82, 2.24) is 9.55 Å². The number of halogens is 3. The Labute approximate surface area is 225 Å². The minimum absolute atomic E-state index is 0.0266. The second-order valence-electron chi connectivity index (χ2n) is 10.2. The number of ketones is 1. The first kappa shape index (κ1) is 29.8. The summed E-state index contributed by atoms with van der Waals surface area (Å²) in [5.41, 5.74) is 2.61. The molecule has 2 heterocycles. The first-order valence-electron chi connectivity index (χ1n) is 12.7. The normalized spacial score (nSPS) is 13.3. The number of Topliss-reactive ketones (excluding diaryl/α,β-unsaturated/α-hetero) is 1. The molecule has 0 amide bonds. The molecular weight excluding hydrogens is 509 g/mol. The van der Waals surface area contributed by atoms with Crippen LogP contribution in [0.3, 0.4) is 0 Å². The van der Waals surface area contributed by atoms with Gasteiger partial charge >= 0.3 is 12.1 Å². The van der Waals surface area contributed by atoms with Gasteiger partial charge in [0.2, 0.25) is 0 Å². The SMILES string of the molecule is COC(=O)C[C@H](CC(=O)[C@H](CC(C)C)n1ccc(C(F)(F)F)cc1=O)c1cncc(-c2c(C)cccc2C)c1. The molecule has 3 aromatic rings. The smallest absolute Gasteiger partial charge is 0.416 e. The average molecular weight is 543 g/mol. The molecule has 1 aromatic carbocycles. The van der Waals surface area contributed by atoms with Gasteiger partial charge < -0.3 is 9.30 Å². The summed E-state index contributed by atoms with van der Waals surface area (Å²) in [5, 5.41) is 0. The van der Waals surface area contributed by atoms with Gasteiger partial charge in [-0.1, -0.05) is 32.0 Å². The van der Waals surface area contributed by atoms with Gasteiger partial charge in [-0.3, -0.25) is 19.4 Å². The quantitative estimate of drug-likeness (QED) is 0.276. The highest BCUT2D eigenvalue weighted by Gasteiger charge is 2.33. The molecule has 0 fully saturated rings. The number of aromatic nitrogens is 2. The van der Waals surface area contributed by atoms with E-state index in [1.54, 1.807) is 12.4 Å². The number of carbonyl (C=O) groups is 2. The number of carbonyl (C=O) groups excluding carboxylic acids is 2. The molecule has 6 nitrogen and oxygen atoms in total. The van der Waals surface area contributed by atoms with Gasteiger partial charge in [-0.25, -0.2) is 0 Å². The third-order valence-electron chi connectivity index (χ3n) is 6.77. The minimum atomic E-state index is -4.67. The summed E-state index contributed by atoms with van der Waals surface area (Å²) in [6.07, 6.45) is -0.313. The largest absolute Gasteiger partial charge is 0.469 e. The van der Waals surface area contributed by atoms with Gasteiger partial charge in [-0.05, 0) is 60.6 Å². The third-order valence-corrected chi connectivity index (χ3v) is 6.77. The number of aryl methyl sites for hydroxylation is 2. The van der Waals surface area contributed by atoms with E-state index in [4.69, 9.17) is 4.74 Å². The van der Waals surface area contributed by atoms with Crippen molar-refractivity contribution in [2.45, 2.75) is 65.1 Å². The number of ether oxygens (including phenoxy) is 1. The highest BCUT2D eigenvalue weighted by Crippen LogP contribution is 2.33. The fourth-order valence-electron chi connectivity index (χ4n) is 4.83. The zero-order chi connectivity index (χ0) is 28.9. The van der Waals surface area contributed by atoms with Crippen LogP contribution in [0.15, 0.2) is 59.8 Å². The van der Waals surface area contributed by atoms with Crippen LogP contribution in [-0.2, 0) is 20.5 Å². The molecule has 2 atom stereocenters. The average Bonchev–Trinajstić information content (AvgIpc) is 2.86. The topological polar surface area (TPSA) is 78.3 Å². The molecule has 0 unspecified atom stereocenters. The maximum atomic E-state index is 13.7. The lowest BCUT2D eigenvalue weighted by Crippen LogP contribution is -2.32. The maximum Gasteiger partial charge on any atom is 0.416 e. The van der Waals surface area contributed by atoms with Crippen LogP contribution in [0, 0.1) is 19.8 Å². The Bertz CT molecular complexity index is 1380. The maximum absolute atomic E-state index is 13.7. The number of pyridine rings is 2. The molecule has 0 bridgehead atoms. The zero-order valence-corrected chi connectivity index (χ0v) is 22.7. The first-order valence-corrected chi connectivity index (χ1v) is 12.7. The van der Waals surface area contributed by atoms with Gasteiger partial charge in [0.15, 0.2) is 5.78 Å². The van der Waals surface area contributed by atoms with Crippen LogP contribution >= 0.6 is 0 Å². The lowest BCUT2D eigenvalue weighted by atomic mass is 9.86. The van der Waals surface area contributed by atoms with E-state index in [-0.39, 0.29) is 31.0 Å². The molecule has 0 aliphatic rings. The van der Waals surface area contributed by atoms with Crippen molar-refractivity contribution < 1.29 is 27.5 Å². The zero-order valence-electron chi connectivity index (χ0n) is 22.7. The first-order chi connectivity index (χ1) is 18.3. The molecule has 0 aliphatic carbocycles. The summed E-state index contributed by atoms with van der Waals surface area (Å²) in [6, 6.07) is 8.14. The van der Waals surface area contributed by atoms with Crippen molar-refractivity contribution in [3.63, 3.8) is 0 Å². The van der Waals surface area contributed by atoms with E-state index in [1.165, 1.54) is 7.11 Å². The van der Waals surface area contributed by atoms with Crippen LogP contribution < -0.4 is 5.56 Å². The standard InChI is InChI=1S/C30H33F3N2O4/c1-18(2)11-25(35-10-9-24(15-27(35)37)30(31,32)33)26(36)13-21(14-28(38)39-5)22-12-23(17-34-16-22)29-19(3)7-6-8-20(29)4/h6-10,12,15-18,21,25H,11,13-14H2,1-5H3/t21-,25-/m0/s1. The van der Waals surface area contributed by atoms with E-state index >= 15 is 0 Å². The summed E-state index contributed by atoms with van der Waals surface area (Å²) in [5.74, 6) is -1.52. The molecule has 208 valence electrons. The van der Waals surface area contributed by atoms with Crippen LogP contribution in [0.2, 0.25) is 0 Å². The highest BCUT2D eigenvalue weighted by molar-refractivity contribution is 5.84. The number of hydrogen-bond donors (Lipinski definition) is 0. The van der Waals surface area contributed by atoms with Crippen molar-refractivity contribution >= 4 is 11.8 Å². The Morgan fingerprint density at radius 2 is 1.69 bits per heavy atom. The van der Waals surface area contributed by atoms with Crippen molar-refractivity contribution in [3.8, 4) is 11.1 Å². The van der Waals surface area contributed by atoms with Crippen molar-refractivity contribution in [2.75, 3.05) is 7.11 Å². The summed E-state index contributed by atoms with van der Waals surface area (Å²) >= 11 is 0. The fraction of sp³-hybridized carbons (Fsp3) is 0.400. The predicted molar refractivity (Wildman–Crippen MR) is 142 cm³/mol. The number of rotatable bonds is 10. The number of benzene rings is 1. The third kappa shape index (κ3) is 7.43. The Kier molecular flexibility index (Phi) is 9.48. The molecule has 2 aromatic heterocycles. The monoisotopic (exact) mass is 542 g/mol. The van der Waals surface area contributed by atoms with Gasteiger partial charge in [-0.15, -0.1) is 0 Å². The van der Waals surface area contributed by atoms with Crippen molar-refractivity contribution in [3.05, 3.63) is 87.6 Å². The molecule has 0 saturated carbocycles. The van der Waals surface area contributed by atoms with Gasteiger partial charge in [0.25, 0.3) is 5.56 Å². The van der Waals surface area contributed by atoms with E-state index in [0.29, 0.717) is 11.6 Å². The molecule has 3 rings (SSSR count). The lowest BCUT2D eigenvalue weighted by Gasteiger charge is -2.24. The summed E-state index contributed by atoms with van der Waals surface area (Å²) < 4.78 is 45.3. The number of nitrogens with zero attached hydrogens (tertiary/aromatic N) is 2. The van der Waals surface area contributed by atoms with Crippen LogP contribution in [0.1, 0.15) is 67.3 Å². The van der Waals surface area contributed by atoms with Crippen LogP contribution in [0.25, 0.3) is 11.1 Å². The minimum Gasteiger partial charge on any atom is -0.469 e. The van der Waals surface area contributed by atoms with Gasteiger partial charge in [0.05, 0.1) is 25.1 Å². The van der Waals surface area contributed by atoms with E-state index in [9.17, 15) is 27.6 Å². The van der Waals surface area contributed by atoms with Crippen molar-refractivity contribution in [2.24, 2.45) is 5.92 Å². The molecule has 0 spiro atoms. The molecular formula is C30H33F3N2O4. The van der Waals surface area contributed by atoms with Crippen LogP contribution in [-0.4, -0.2) is 28.4 Å². The molecule has 0 saturated heterocycles. The second-order valence-corrected chi connectivity index (χ2v) is 10.2. The Balaban J connectivity index is 2.01. The fourth-order valence-corrected chi connectivity index (χ4v) is 4.83. The van der Waals surface area contributed by atoms with Gasteiger partial charge in [-0.2, -0.15) is 13.2 Å². The van der Waals surface area contributed by atoms with Gasteiger partial charge in [0, 0.05) is 42.6 Å². The predicted octanol–water partition coefficient (Wildman–Crippen LogP) is 6.44. The Hall–Kier alpha value is -3.75. The highest BCUT2D eigenvalue weighted by atomic mass is 19.4. The molecule has 39 heavy (non-hydrogen) atoms. The number of alkyl halides is 3.